The number of alkyl halides is 2. The molecule has 4 nitrogen and oxygen atoms in total. The summed E-state index contributed by atoms with van der Waals surface area (Å²) in [4.78, 5) is 0. The van der Waals surface area contributed by atoms with Gasteiger partial charge in [0.2, 0.25) is 0 Å². The number of hydrogen-bond acceptors (Lipinski definition) is 4. The number of fused-ring (bicyclic) bond motifs is 1. The average molecular weight is 225 g/mol. The molecule has 2 rings (SSSR count). The molecule has 0 amide bonds. The lowest BCUT2D eigenvalue weighted by Crippen LogP contribution is -2.25. The van der Waals surface area contributed by atoms with E-state index in [1.807, 2.05) is 0 Å². The van der Waals surface area contributed by atoms with Gasteiger partial charge in [-0.25, -0.2) is 0 Å². The summed E-state index contributed by atoms with van der Waals surface area (Å²) >= 11 is 0. The Morgan fingerprint density at radius 2 is 1.36 bits per heavy atom. The second kappa shape index (κ2) is 3.06. The van der Waals surface area contributed by atoms with E-state index in [0.717, 1.165) is 0 Å². The Balaban J connectivity index is 0.000000980. The van der Waals surface area contributed by atoms with Gasteiger partial charge in [-0.05, 0) is 0 Å². The molecule has 7 heteroatoms. The van der Waals surface area contributed by atoms with Gasteiger partial charge < -0.3 is 20.9 Å². The van der Waals surface area contributed by atoms with Crippen molar-refractivity contribution in [2.45, 2.75) is 6.29 Å². The molecule has 1 aliphatic rings. The average Bonchev–Trinajstić information content (AvgIpc) is 2.24. The molecule has 0 aliphatic carbocycles. The van der Waals surface area contributed by atoms with E-state index in [4.69, 9.17) is 11.5 Å². The number of benzene rings is 1. The van der Waals surface area contributed by atoms with Crippen LogP contribution in [0.1, 0.15) is 0 Å². The second-order valence-corrected chi connectivity index (χ2v) is 2.60. The van der Waals surface area contributed by atoms with Crippen molar-refractivity contribution in [3.8, 4) is 11.5 Å². The molecule has 0 fully saturated rings. The third-order valence-corrected chi connectivity index (χ3v) is 1.61. The molecular formula is C7H7ClF2N2O2. The van der Waals surface area contributed by atoms with Crippen LogP contribution in [-0.4, -0.2) is 6.29 Å². The van der Waals surface area contributed by atoms with E-state index in [2.05, 4.69) is 9.47 Å². The zero-order valence-electron chi connectivity index (χ0n) is 6.79. The number of anilines is 2. The van der Waals surface area contributed by atoms with Gasteiger partial charge in [-0.1, -0.05) is 0 Å². The molecule has 0 unspecified atom stereocenters. The molecule has 0 bridgehead atoms. The van der Waals surface area contributed by atoms with Crippen LogP contribution in [0.2, 0.25) is 0 Å². The standard InChI is InChI=1S/C7H6F2N2O2.ClH/c8-7(9)12-5-1-3(10)4(11)2-6(5)13-7;/h1-2H,10-11H2;1H. The Morgan fingerprint density at radius 1 is 1.00 bits per heavy atom. The minimum atomic E-state index is -3.62. The third kappa shape index (κ3) is 1.60. The fourth-order valence-corrected chi connectivity index (χ4v) is 1.03. The quantitative estimate of drug-likeness (QED) is 0.657. The fraction of sp³-hybridized carbons (Fsp3) is 0.143. The van der Waals surface area contributed by atoms with Gasteiger partial charge in [-0.2, -0.15) is 0 Å². The largest absolute Gasteiger partial charge is 0.586 e. The van der Waals surface area contributed by atoms with Crippen molar-refractivity contribution in [2.75, 3.05) is 11.5 Å². The molecule has 0 saturated heterocycles. The summed E-state index contributed by atoms with van der Waals surface area (Å²) in [5.41, 5.74) is 11.1. The first-order valence-corrected chi connectivity index (χ1v) is 3.43. The molecular weight excluding hydrogens is 218 g/mol. The summed E-state index contributed by atoms with van der Waals surface area (Å²) < 4.78 is 33.2. The number of nitrogen functional groups attached to an aromatic ring is 2. The molecule has 1 heterocycles. The van der Waals surface area contributed by atoms with Gasteiger partial charge in [-0.3, -0.25) is 0 Å². The Hall–Kier alpha value is -1.43. The van der Waals surface area contributed by atoms with Gasteiger partial charge in [0.25, 0.3) is 0 Å². The molecule has 0 atom stereocenters. The van der Waals surface area contributed by atoms with Crippen LogP contribution in [0.5, 0.6) is 11.5 Å². The predicted octanol–water partition coefficient (Wildman–Crippen LogP) is 1.59. The lowest BCUT2D eigenvalue weighted by molar-refractivity contribution is -0.286. The van der Waals surface area contributed by atoms with Crippen LogP contribution in [-0.2, 0) is 0 Å². The van der Waals surface area contributed by atoms with Crippen LogP contribution >= 0.6 is 12.4 Å². The van der Waals surface area contributed by atoms with Crippen LogP contribution in [0.25, 0.3) is 0 Å². The summed E-state index contributed by atoms with van der Waals surface area (Å²) in [6.07, 6.45) is -3.62. The lowest BCUT2D eigenvalue weighted by atomic mass is 10.2. The van der Waals surface area contributed by atoms with E-state index >= 15 is 0 Å². The van der Waals surface area contributed by atoms with E-state index < -0.39 is 6.29 Å². The highest BCUT2D eigenvalue weighted by atomic mass is 35.5. The molecule has 0 saturated carbocycles. The number of hydrogen-bond donors (Lipinski definition) is 2. The summed E-state index contributed by atoms with van der Waals surface area (Å²) in [5, 5.41) is 0. The Labute approximate surface area is 84.2 Å². The van der Waals surface area contributed by atoms with Gasteiger partial charge in [0.1, 0.15) is 0 Å². The normalized spacial score (nSPS) is 16.1. The molecule has 14 heavy (non-hydrogen) atoms. The number of rotatable bonds is 0. The van der Waals surface area contributed by atoms with Crippen LogP contribution in [0.4, 0.5) is 20.2 Å². The Kier molecular flexibility index (Phi) is 2.32. The number of halogens is 3. The zero-order chi connectivity index (χ0) is 9.64. The van der Waals surface area contributed by atoms with E-state index in [1.54, 1.807) is 0 Å². The van der Waals surface area contributed by atoms with Crippen LogP contribution in [0, 0.1) is 0 Å². The van der Waals surface area contributed by atoms with Crippen LogP contribution in [0.3, 0.4) is 0 Å². The van der Waals surface area contributed by atoms with E-state index in [0.29, 0.717) is 0 Å². The first kappa shape index (κ1) is 10.6. The lowest BCUT2D eigenvalue weighted by Gasteiger charge is -2.04. The summed E-state index contributed by atoms with van der Waals surface area (Å²) in [5.74, 6) is -0.201. The smallest absolute Gasteiger partial charge is 0.397 e. The van der Waals surface area contributed by atoms with Crippen LogP contribution < -0.4 is 20.9 Å². The van der Waals surface area contributed by atoms with Crippen molar-refractivity contribution in [1.82, 2.24) is 0 Å². The fourth-order valence-electron chi connectivity index (χ4n) is 1.03. The van der Waals surface area contributed by atoms with Gasteiger partial charge >= 0.3 is 6.29 Å². The first-order valence-electron chi connectivity index (χ1n) is 3.43. The van der Waals surface area contributed by atoms with E-state index in [1.165, 1.54) is 12.1 Å². The predicted molar refractivity (Wildman–Crippen MR) is 48.7 cm³/mol. The second-order valence-electron chi connectivity index (χ2n) is 2.60. The maximum absolute atomic E-state index is 12.5. The molecule has 1 aliphatic heterocycles. The van der Waals surface area contributed by atoms with Gasteiger partial charge in [0.05, 0.1) is 11.4 Å². The SMILES string of the molecule is Cl.Nc1cc2c(cc1N)OC(F)(F)O2. The topological polar surface area (TPSA) is 70.5 Å². The molecule has 4 N–H and O–H groups in total. The minimum Gasteiger partial charge on any atom is -0.397 e. The Bertz CT molecular complexity index is 340. The van der Waals surface area contributed by atoms with Crippen molar-refractivity contribution in [3.63, 3.8) is 0 Å². The van der Waals surface area contributed by atoms with E-state index in [-0.39, 0.29) is 35.3 Å². The van der Waals surface area contributed by atoms with Crippen LogP contribution in [0.15, 0.2) is 12.1 Å². The molecule has 0 spiro atoms. The zero-order valence-corrected chi connectivity index (χ0v) is 7.61. The number of ether oxygens (including phenoxy) is 2. The summed E-state index contributed by atoms with van der Waals surface area (Å²) in [6, 6.07) is 2.40. The van der Waals surface area contributed by atoms with Crippen molar-refractivity contribution >= 4 is 23.8 Å². The highest BCUT2D eigenvalue weighted by Gasteiger charge is 2.43. The van der Waals surface area contributed by atoms with Gasteiger partial charge in [0.15, 0.2) is 11.5 Å². The monoisotopic (exact) mass is 224 g/mol. The van der Waals surface area contributed by atoms with Gasteiger partial charge in [0, 0.05) is 12.1 Å². The molecule has 1 aromatic carbocycles. The maximum atomic E-state index is 12.5. The van der Waals surface area contributed by atoms with E-state index in [9.17, 15) is 8.78 Å². The Morgan fingerprint density at radius 3 is 1.71 bits per heavy atom. The third-order valence-electron chi connectivity index (χ3n) is 1.61. The van der Waals surface area contributed by atoms with Crippen molar-refractivity contribution < 1.29 is 18.3 Å². The van der Waals surface area contributed by atoms with Crippen molar-refractivity contribution in [1.29, 1.82) is 0 Å². The van der Waals surface area contributed by atoms with Crippen molar-refractivity contribution in [2.24, 2.45) is 0 Å². The van der Waals surface area contributed by atoms with Gasteiger partial charge in [-0.15, -0.1) is 21.2 Å². The molecule has 0 aromatic heterocycles. The highest BCUT2D eigenvalue weighted by molar-refractivity contribution is 5.85. The summed E-state index contributed by atoms with van der Waals surface area (Å²) in [7, 11) is 0. The molecule has 1 aromatic rings. The first-order chi connectivity index (χ1) is 5.98. The minimum absolute atomic E-state index is 0. The summed E-state index contributed by atoms with van der Waals surface area (Å²) in [6.45, 7) is 0. The maximum Gasteiger partial charge on any atom is 0.586 e. The van der Waals surface area contributed by atoms with Crippen molar-refractivity contribution in [3.05, 3.63) is 12.1 Å². The molecule has 78 valence electrons. The highest BCUT2D eigenvalue weighted by Crippen LogP contribution is 2.43. The molecule has 0 radical (unpaired) electrons. The number of nitrogens with two attached hydrogens (primary N) is 2.